The minimum Gasteiger partial charge on any atom is -0.377 e. The van der Waals surface area contributed by atoms with Crippen molar-refractivity contribution >= 4 is 5.91 Å². The molecule has 1 saturated carbocycles. The summed E-state index contributed by atoms with van der Waals surface area (Å²) in [6.45, 7) is 4.55. The van der Waals surface area contributed by atoms with Crippen LogP contribution in [0.4, 0.5) is 0 Å². The van der Waals surface area contributed by atoms with E-state index in [0.717, 1.165) is 51.5 Å². The quantitative estimate of drug-likeness (QED) is 0.869. The van der Waals surface area contributed by atoms with Gasteiger partial charge in [-0.2, -0.15) is 0 Å². The van der Waals surface area contributed by atoms with E-state index in [9.17, 15) is 4.79 Å². The highest BCUT2D eigenvalue weighted by Crippen LogP contribution is 2.34. The summed E-state index contributed by atoms with van der Waals surface area (Å²) in [5, 5.41) is 3.20. The molecule has 0 unspecified atom stereocenters. The van der Waals surface area contributed by atoms with Gasteiger partial charge in [0.15, 0.2) is 0 Å². The summed E-state index contributed by atoms with van der Waals surface area (Å²) < 4.78 is 5.94. The van der Waals surface area contributed by atoms with E-state index >= 15 is 0 Å². The van der Waals surface area contributed by atoms with Crippen LogP contribution in [0.3, 0.4) is 0 Å². The third-order valence-corrected chi connectivity index (χ3v) is 5.83. The Balaban J connectivity index is 1.36. The Hall–Kier alpha value is -1.39. The maximum Gasteiger partial charge on any atom is 0.224 e. The Morgan fingerprint density at radius 1 is 1.17 bits per heavy atom. The number of nitrogens with one attached hydrogen (secondary N) is 1. The largest absolute Gasteiger partial charge is 0.377 e. The first-order valence-electron chi connectivity index (χ1n) is 9.45. The van der Waals surface area contributed by atoms with Gasteiger partial charge in [-0.3, -0.25) is 9.69 Å². The second-order valence-corrected chi connectivity index (χ2v) is 7.65. The normalized spacial score (nSPS) is 30.1. The molecule has 130 valence electrons. The molecule has 1 aliphatic carbocycles. The number of fused-ring (bicyclic) bond motifs is 1. The van der Waals surface area contributed by atoms with E-state index in [4.69, 9.17) is 4.74 Å². The van der Waals surface area contributed by atoms with Gasteiger partial charge in [-0.15, -0.1) is 0 Å². The van der Waals surface area contributed by atoms with Crippen LogP contribution in [-0.2, 0) is 16.0 Å². The van der Waals surface area contributed by atoms with Crippen LogP contribution in [0.5, 0.6) is 0 Å². The van der Waals surface area contributed by atoms with Crippen molar-refractivity contribution < 1.29 is 9.53 Å². The smallest absolute Gasteiger partial charge is 0.224 e. The van der Waals surface area contributed by atoms with Crippen molar-refractivity contribution in [1.82, 2.24) is 10.2 Å². The first-order valence-corrected chi connectivity index (χ1v) is 9.45. The predicted octanol–water partition coefficient (Wildman–Crippen LogP) is 2.09. The molecule has 0 spiro atoms. The van der Waals surface area contributed by atoms with Crippen molar-refractivity contribution in [3.8, 4) is 0 Å². The molecular weight excluding hydrogens is 300 g/mol. The van der Waals surface area contributed by atoms with Crippen molar-refractivity contribution in [3.05, 3.63) is 35.9 Å². The molecule has 2 saturated heterocycles. The molecule has 0 aromatic heterocycles. The van der Waals surface area contributed by atoms with Crippen LogP contribution in [-0.4, -0.2) is 49.7 Å². The molecule has 4 heteroatoms. The van der Waals surface area contributed by atoms with Gasteiger partial charge in [-0.05, 0) is 37.2 Å². The molecule has 24 heavy (non-hydrogen) atoms. The Kier molecular flexibility index (Phi) is 4.86. The molecule has 1 aromatic carbocycles. The highest BCUT2D eigenvalue weighted by Gasteiger charge is 2.43. The number of hydrogen-bond acceptors (Lipinski definition) is 3. The van der Waals surface area contributed by atoms with Gasteiger partial charge in [-0.25, -0.2) is 0 Å². The maximum atomic E-state index is 12.7. The topological polar surface area (TPSA) is 41.6 Å². The Labute approximate surface area is 144 Å². The van der Waals surface area contributed by atoms with E-state index in [1.807, 2.05) is 0 Å². The van der Waals surface area contributed by atoms with Gasteiger partial charge >= 0.3 is 0 Å². The monoisotopic (exact) mass is 328 g/mol. The summed E-state index contributed by atoms with van der Waals surface area (Å²) in [7, 11) is 0. The van der Waals surface area contributed by atoms with E-state index in [1.165, 1.54) is 18.4 Å². The number of ether oxygens (including phenoxy) is 1. The molecule has 3 atom stereocenters. The summed E-state index contributed by atoms with van der Waals surface area (Å²) in [6.07, 6.45) is 4.88. The Morgan fingerprint density at radius 3 is 2.79 bits per heavy atom. The highest BCUT2D eigenvalue weighted by atomic mass is 16.5. The maximum absolute atomic E-state index is 12.7. The molecule has 4 rings (SSSR count). The molecule has 0 radical (unpaired) electrons. The number of nitrogens with zero attached hydrogens (tertiary/aromatic N) is 1. The fraction of sp³-hybridized carbons (Fsp3) is 0.650. The molecule has 0 bridgehead atoms. The van der Waals surface area contributed by atoms with E-state index in [1.54, 1.807) is 0 Å². The summed E-state index contributed by atoms with van der Waals surface area (Å²) in [5.74, 6) is 1.51. The molecule has 3 fully saturated rings. The Morgan fingerprint density at radius 2 is 2.00 bits per heavy atom. The highest BCUT2D eigenvalue weighted by molar-refractivity contribution is 5.79. The summed E-state index contributed by atoms with van der Waals surface area (Å²) in [5.41, 5.74) is 1.36. The summed E-state index contributed by atoms with van der Waals surface area (Å²) in [6, 6.07) is 10.6. The van der Waals surface area contributed by atoms with Crippen molar-refractivity contribution in [1.29, 1.82) is 0 Å². The zero-order chi connectivity index (χ0) is 16.4. The number of carbonyl (C=O) groups excluding carboxylic acids is 1. The number of amides is 1. The van der Waals surface area contributed by atoms with Crippen molar-refractivity contribution in [3.63, 3.8) is 0 Å². The summed E-state index contributed by atoms with van der Waals surface area (Å²) in [4.78, 5) is 15.1. The predicted molar refractivity (Wildman–Crippen MR) is 93.7 cm³/mol. The number of hydrogen-bond donors (Lipinski definition) is 1. The summed E-state index contributed by atoms with van der Waals surface area (Å²) >= 11 is 0. The van der Waals surface area contributed by atoms with Gasteiger partial charge in [-0.1, -0.05) is 30.3 Å². The second-order valence-electron chi connectivity index (χ2n) is 7.65. The van der Waals surface area contributed by atoms with Crippen LogP contribution in [0.2, 0.25) is 0 Å². The lowest BCUT2D eigenvalue weighted by molar-refractivity contribution is -0.131. The van der Waals surface area contributed by atoms with E-state index in [2.05, 4.69) is 40.5 Å². The minimum absolute atomic E-state index is 0.0979. The van der Waals surface area contributed by atoms with E-state index in [-0.39, 0.29) is 17.9 Å². The van der Waals surface area contributed by atoms with Crippen LogP contribution < -0.4 is 5.32 Å². The fourth-order valence-corrected chi connectivity index (χ4v) is 4.15. The first-order chi connectivity index (χ1) is 11.8. The van der Waals surface area contributed by atoms with Gasteiger partial charge in [0.1, 0.15) is 0 Å². The van der Waals surface area contributed by atoms with Crippen LogP contribution in [0.15, 0.2) is 30.3 Å². The number of rotatable bonds is 6. The number of piperidine rings is 1. The molecule has 1 aromatic rings. The Bertz CT molecular complexity index is 558. The van der Waals surface area contributed by atoms with Crippen molar-refractivity contribution in [2.45, 2.75) is 31.8 Å². The van der Waals surface area contributed by atoms with Crippen LogP contribution >= 0.6 is 0 Å². The van der Waals surface area contributed by atoms with Gasteiger partial charge in [0, 0.05) is 38.7 Å². The lowest BCUT2D eigenvalue weighted by atomic mass is 9.82. The third kappa shape index (κ3) is 3.81. The molecule has 2 heterocycles. The second kappa shape index (κ2) is 7.24. The number of carbonyl (C=O) groups is 1. The molecule has 3 aliphatic rings. The molecule has 2 aliphatic heterocycles. The standard InChI is InChI=1S/C20H28N2O2/c23-20(21-12-16-6-7-16)18-13-22(14-19-17(18)9-11-24-19)10-8-15-4-2-1-3-5-15/h1-5,16-19H,6-14H2,(H,21,23)/t17-,18-,19+/m0/s1. The fourth-order valence-electron chi connectivity index (χ4n) is 4.15. The lowest BCUT2D eigenvalue weighted by Crippen LogP contribution is -2.53. The average molecular weight is 328 g/mol. The van der Waals surface area contributed by atoms with Crippen LogP contribution in [0, 0.1) is 17.8 Å². The lowest BCUT2D eigenvalue weighted by Gasteiger charge is -2.39. The average Bonchev–Trinajstić information content (AvgIpc) is 3.33. The molecule has 4 nitrogen and oxygen atoms in total. The van der Waals surface area contributed by atoms with Crippen LogP contribution in [0.1, 0.15) is 24.8 Å². The third-order valence-electron chi connectivity index (χ3n) is 5.83. The minimum atomic E-state index is 0.0979. The van der Waals surface area contributed by atoms with Gasteiger partial charge in [0.25, 0.3) is 0 Å². The molecule has 1 amide bonds. The van der Waals surface area contributed by atoms with Gasteiger partial charge in [0.05, 0.1) is 12.0 Å². The molecular formula is C20H28N2O2. The molecule has 1 N–H and O–H groups in total. The van der Waals surface area contributed by atoms with E-state index < -0.39 is 0 Å². The van der Waals surface area contributed by atoms with Gasteiger partial charge < -0.3 is 10.1 Å². The van der Waals surface area contributed by atoms with Gasteiger partial charge in [0.2, 0.25) is 5.91 Å². The van der Waals surface area contributed by atoms with E-state index in [0.29, 0.717) is 5.92 Å². The van der Waals surface area contributed by atoms with Crippen molar-refractivity contribution in [2.75, 3.05) is 32.8 Å². The zero-order valence-electron chi connectivity index (χ0n) is 14.3. The van der Waals surface area contributed by atoms with Crippen LogP contribution in [0.25, 0.3) is 0 Å². The first kappa shape index (κ1) is 16.1. The number of likely N-dealkylation sites (tertiary alicyclic amines) is 1. The SMILES string of the molecule is O=C(NCC1CC1)[C@H]1CN(CCc2ccccc2)C[C@H]2OCC[C@@H]12. The number of benzene rings is 1. The van der Waals surface area contributed by atoms with Crippen molar-refractivity contribution in [2.24, 2.45) is 17.8 Å². The zero-order valence-corrected chi connectivity index (χ0v) is 14.3.